The highest BCUT2D eigenvalue weighted by molar-refractivity contribution is 5.94. The third-order valence-corrected chi connectivity index (χ3v) is 5.80. The lowest BCUT2D eigenvalue weighted by molar-refractivity contribution is 0.0391. The van der Waals surface area contributed by atoms with Crippen LogP contribution in [0.5, 0.6) is 0 Å². The van der Waals surface area contributed by atoms with E-state index >= 15 is 0 Å². The minimum absolute atomic E-state index is 0.0929. The maximum absolute atomic E-state index is 13.0. The van der Waals surface area contributed by atoms with Gasteiger partial charge < -0.3 is 14.2 Å². The Morgan fingerprint density at radius 2 is 1.97 bits per heavy atom. The van der Waals surface area contributed by atoms with Crippen molar-refractivity contribution in [2.24, 2.45) is 5.92 Å². The number of nitrogens with one attached hydrogen (secondary N) is 1. The summed E-state index contributed by atoms with van der Waals surface area (Å²) in [5.74, 6) is 1.44. The van der Waals surface area contributed by atoms with E-state index in [0.717, 1.165) is 31.0 Å². The number of carbonyl (C=O) groups is 2. The van der Waals surface area contributed by atoms with E-state index in [4.69, 9.17) is 4.42 Å². The third-order valence-electron chi connectivity index (χ3n) is 5.80. The Morgan fingerprint density at radius 3 is 2.61 bits per heavy atom. The maximum Gasteiger partial charge on any atom is 0.289 e. The molecule has 1 N–H and O–H groups in total. The smallest absolute Gasteiger partial charge is 0.289 e. The van der Waals surface area contributed by atoms with Crippen molar-refractivity contribution >= 4 is 11.8 Å². The van der Waals surface area contributed by atoms with Gasteiger partial charge in [-0.1, -0.05) is 27.7 Å². The number of piperazine rings is 1. The first-order valence-electron chi connectivity index (χ1n) is 11.3. The first-order chi connectivity index (χ1) is 14.8. The molecule has 1 fully saturated rings. The molecule has 170 valence electrons. The molecule has 1 unspecified atom stereocenters. The highest BCUT2D eigenvalue weighted by Crippen LogP contribution is 2.19. The minimum atomic E-state index is -0.121. The summed E-state index contributed by atoms with van der Waals surface area (Å²) in [5, 5.41) is 7.16. The maximum atomic E-state index is 13.0. The summed E-state index contributed by atoms with van der Waals surface area (Å²) in [5.41, 5.74) is 1.41. The molecule has 8 nitrogen and oxygen atoms in total. The Balaban J connectivity index is 1.59. The fourth-order valence-electron chi connectivity index (χ4n) is 4.01. The Bertz CT molecular complexity index is 883. The first-order valence-corrected chi connectivity index (χ1v) is 11.3. The van der Waals surface area contributed by atoms with Crippen LogP contribution in [0.4, 0.5) is 0 Å². The van der Waals surface area contributed by atoms with Crippen molar-refractivity contribution in [3.05, 3.63) is 41.1 Å². The van der Waals surface area contributed by atoms with E-state index in [0.29, 0.717) is 43.6 Å². The van der Waals surface area contributed by atoms with E-state index in [-0.39, 0.29) is 17.9 Å². The summed E-state index contributed by atoms with van der Waals surface area (Å²) in [6.07, 6.45) is 0.859. The second kappa shape index (κ2) is 10.1. The van der Waals surface area contributed by atoms with Gasteiger partial charge in [0, 0.05) is 31.4 Å². The molecule has 1 aliphatic heterocycles. The van der Waals surface area contributed by atoms with Crippen LogP contribution in [0, 0.1) is 5.92 Å². The van der Waals surface area contributed by atoms with Crippen LogP contribution in [0.3, 0.4) is 0 Å². The zero-order valence-electron chi connectivity index (χ0n) is 19.4. The van der Waals surface area contributed by atoms with Crippen molar-refractivity contribution in [3.8, 4) is 0 Å². The van der Waals surface area contributed by atoms with Crippen LogP contribution in [0.1, 0.15) is 67.1 Å². The van der Waals surface area contributed by atoms with E-state index in [9.17, 15) is 9.59 Å². The number of hydrogen-bond acceptors (Lipinski definition) is 5. The molecule has 31 heavy (non-hydrogen) atoms. The van der Waals surface area contributed by atoms with Gasteiger partial charge in [-0.3, -0.25) is 19.6 Å². The lowest BCUT2D eigenvalue weighted by Crippen LogP contribution is -2.55. The summed E-state index contributed by atoms with van der Waals surface area (Å²) < 4.78 is 5.83. The molecule has 1 atom stereocenters. The Labute approximate surface area is 184 Å². The van der Waals surface area contributed by atoms with Gasteiger partial charge in [-0.05, 0) is 50.6 Å². The summed E-state index contributed by atoms with van der Waals surface area (Å²) in [6.45, 7) is 14.4. The number of hydrogen-bond donors (Lipinski definition) is 1. The van der Waals surface area contributed by atoms with Gasteiger partial charge in [0.1, 0.15) is 11.5 Å². The van der Waals surface area contributed by atoms with Crippen LogP contribution in [0.15, 0.2) is 22.6 Å². The second-order valence-corrected chi connectivity index (χ2v) is 8.70. The zero-order valence-corrected chi connectivity index (χ0v) is 19.4. The summed E-state index contributed by atoms with van der Waals surface area (Å²) in [6, 6.07) is 5.37. The molecule has 0 radical (unpaired) electrons. The van der Waals surface area contributed by atoms with Crippen molar-refractivity contribution in [2.45, 2.75) is 53.6 Å². The summed E-state index contributed by atoms with van der Waals surface area (Å²) >= 11 is 0. The standard InChI is InChI=1S/C23H35N5O3/c1-6-26(7-2)15-19-8-9-21(31-19)23(30)28-11-10-27(14-17(28)5)22(29)20-13-18(24-25-20)12-16(3)4/h8-9,13,16-17H,6-7,10-12,14-15H2,1-5H3,(H,24,25). The molecule has 8 heteroatoms. The molecule has 0 bridgehead atoms. The molecule has 3 rings (SSSR count). The normalized spacial score (nSPS) is 17.1. The Kier molecular flexibility index (Phi) is 7.54. The number of aromatic amines is 1. The number of rotatable bonds is 8. The molecule has 0 saturated carbocycles. The van der Waals surface area contributed by atoms with Crippen LogP contribution in [0.2, 0.25) is 0 Å². The predicted octanol–water partition coefficient (Wildman–Crippen LogP) is 3.03. The number of carbonyl (C=O) groups excluding carboxylic acids is 2. The number of amides is 2. The number of aromatic nitrogens is 2. The van der Waals surface area contributed by atoms with Gasteiger partial charge in [-0.15, -0.1) is 0 Å². The summed E-state index contributed by atoms with van der Waals surface area (Å²) in [4.78, 5) is 31.7. The van der Waals surface area contributed by atoms with Crippen LogP contribution < -0.4 is 0 Å². The lowest BCUT2D eigenvalue weighted by atomic mass is 10.1. The topological polar surface area (TPSA) is 85.7 Å². The van der Waals surface area contributed by atoms with Crippen LogP contribution in [-0.2, 0) is 13.0 Å². The van der Waals surface area contributed by atoms with Crippen molar-refractivity contribution in [3.63, 3.8) is 0 Å². The average Bonchev–Trinajstić information content (AvgIpc) is 3.40. The molecule has 2 aromatic heterocycles. The molecule has 3 heterocycles. The van der Waals surface area contributed by atoms with Gasteiger partial charge in [-0.25, -0.2) is 0 Å². The van der Waals surface area contributed by atoms with Crippen LogP contribution in [-0.4, -0.2) is 75.5 Å². The molecular formula is C23H35N5O3. The van der Waals surface area contributed by atoms with Crippen molar-refractivity contribution in [2.75, 3.05) is 32.7 Å². The van der Waals surface area contributed by atoms with Crippen molar-refractivity contribution in [1.29, 1.82) is 0 Å². The molecule has 2 aromatic rings. The van der Waals surface area contributed by atoms with Crippen molar-refractivity contribution < 1.29 is 14.0 Å². The Hall–Kier alpha value is -2.61. The molecule has 0 aromatic carbocycles. The largest absolute Gasteiger partial charge is 0.455 e. The van der Waals surface area contributed by atoms with Gasteiger partial charge in [0.15, 0.2) is 5.76 Å². The van der Waals surface area contributed by atoms with Gasteiger partial charge >= 0.3 is 0 Å². The molecule has 0 aliphatic carbocycles. The van der Waals surface area contributed by atoms with Gasteiger partial charge in [0.05, 0.1) is 6.54 Å². The van der Waals surface area contributed by atoms with Gasteiger partial charge in [0.25, 0.3) is 11.8 Å². The van der Waals surface area contributed by atoms with Crippen molar-refractivity contribution in [1.82, 2.24) is 24.9 Å². The number of nitrogens with zero attached hydrogens (tertiary/aromatic N) is 4. The van der Waals surface area contributed by atoms with E-state index in [2.05, 4.69) is 42.8 Å². The number of H-pyrrole nitrogens is 1. The predicted molar refractivity (Wildman–Crippen MR) is 119 cm³/mol. The monoisotopic (exact) mass is 429 g/mol. The molecule has 2 amide bonds. The SMILES string of the molecule is CCN(CC)Cc1ccc(C(=O)N2CCN(C(=O)c3cc(CC(C)C)[nH]n3)CC2C)o1. The van der Waals surface area contributed by atoms with Crippen LogP contribution in [0.25, 0.3) is 0 Å². The molecular weight excluding hydrogens is 394 g/mol. The van der Waals surface area contributed by atoms with E-state index < -0.39 is 0 Å². The number of furan rings is 1. The van der Waals surface area contributed by atoms with Crippen LogP contribution >= 0.6 is 0 Å². The fraction of sp³-hybridized carbons (Fsp3) is 0.609. The van der Waals surface area contributed by atoms with Gasteiger partial charge in [-0.2, -0.15) is 5.10 Å². The third kappa shape index (κ3) is 5.55. The highest BCUT2D eigenvalue weighted by Gasteiger charge is 2.32. The highest BCUT2D eigenvalue weighted by atomic mass is 16.4. The minimum Gasteiger partial charge on any atom is -0.455 e. The Morgan fingerprint density at radius 1 is 1.23 bits per heavy atom. The quantitative estimate of drug-likeness (QED) is 0.697. The molecule has 1 aliphatic rings. The van der Waals surface area contributed by atoms with Gasteiger partial charge in [0.2, 0.25) is 0 Å². The second-order valence-electron chi connectivity index (χ2n) is 8.70. The first kappa shape index (κ1) is 23.1. The average molecular weight is 430 g/mol. The fourth-order valence-corrected chi connectivity index (χ4v) is 4.01. The zero-order chi connectivity index (χ0) is 22.5. The van der Waals surface area contributed by atoms with E-state index in [1.54, 1.807) is 15.9 Å². The van der Waals surface area contributed by atoms with E-state index in [1.165, 1.54) is 0 Å². The lowest BCUT2D eigenvalue weighted by Gasteiger charge is -2.39. The molecule has 1 saturated heterocycles. The summed E-state index contributed by atoms with van der Waals surface area (Å²) in [7, 11) is 0. The molecule has 0 spiro atoms. The van der Waals surface area contributed by atoms with E-state index in [1.807, 2.05) is 19.1 Å².